The van der Waals surface area contributed by atoms with E-state index in [1.807, 2.05) is 24.3 Å². The minimum Gasteiger partial charge on any atom is -0.361 e. The van der Waals surface area contributed by atoms with Crippen LogP contribution in [0.4, 0.5) is 10.1 Å². The minimum atomic E-state index is -4.33. The number of benzene rings is 3. The molecule has 2 heterocycles. The number of carbonyl (C=O) groups excluding carboxylic acids is 2. The van der Waals surface area contributed by atoms with Gasteiger partial charge in [0.1, 0.15) is 11.9 Å². The number of hydrogen-bond donors (Lipinski definition) is 2. The fraction of sp³-hybridized carbons (Fsp3) is 0.154. The molecule has 1 aromatic heterocycles. The lowest BCUT2D eigenvalue weighted by Gasteiger charge is -2.27. The van der Waals surface area contributed by atoms with Crippen molar-refractivity contribution in [2.45, 2.75) is 28.7 Å². The van der Waals surface area contributed by atoms with E-state index in [1.165, 1.54) is 12.1 Å². The largest absolute Gasteiger partial charge is 0.361 e. The summed E-state index contributed by atoms with van der Waals surface area (Å²) < 4.78 is 65.2. The predicted molar refractivity (Wildman–Crippen MR) is 141 cm³/mol. The first-order valence-corrected chi connectivity index (χ1v) is 14.8. The van der Waals surface area contributed by atoms with Crippen LogP contribution in [-0.2, 0) is 36.1 Å². The van der Waals surface area contributed by atoms with Crippen molar-refractivity contribution in [2.75, 3.05) is 11.4 Å². The molecule has 3 N–H and O–H groups in total. The smallest absolute Gasteiger partial charge is 0.252 e. The number of nitrogens with zero attached hydrogens (tertiary/aromatic N) is 2. The van der Waals surface area contributed by atoms with E-state index in [0.717, 1.165) is 62.1 Å². The maximum Gasteiger partial charge on any atom is 0.252 e. The van der Waals surface area contributed by atoms with Crippen LogP contribution in [0.25, 0.3) is 10.9 Å². The number of nitrogens with one attached hydrogen (secondary N) is 1. The van der Waals surface area contributed by atoms with Crippen LogP contribution in [0, 0.1) is 5.82 Å². The molecule has 1 atom stereocenters. The molecule has 4 aromatic rings. The van der Waals surface area contributed by atoms with Crippen molar-refractivity contribution in [1.29, 1.82) is 0 Å². The highest BCUT2D eigenvalue weighted by atomic mass is 32.2. The zero-order valence-electron chi connectivity index (χ0n) is 20.3. The molecule has 3 aromatic carbocycles. The molecule has 1 aliphatic rings. The Morgan fingerprint density at radius 3 is 2.23 bits per heavy atom. The number of sulfonamides is 2. The van der Waals surface area contributed by atoms with E-state index in [4.69, 9.17) is 5.14 Å². The van der Waals surface area contributed by atoms with Gasteiger partial charge in [-0.25, -0.2) is 31.3 Å². The number of imide groups is 1. The molecule has 202 valence electrons. The van der Waals surface area contributed by atoms with Crippen molar-refractivity contribution in [2.24, 2.45) is 5.14 Å². The lowest BCUT2D eigenvalue weighted by atomic mass is 10.1. The molecule has 1 fully saturated rings. The second-order valence-electron chi connectivity index (χ2n) is 9.01. The van der Waals surface area contributed by atoms with Gasteiger partial charge in [-0.1, -0.05) is 18.2 Å². The van der Waals surface area contributed by atoms with E-state index in [0.29, 0.717) is 0 Å². The highest BCUT2D eigenvalue weighted by Crippen LogP contribution is 2.31. The second kappa shape index (κ2) is 10.0. The first kappa shape index (κ1) is 26.7. The Labute approximate surface area is 223 Å². The number of nitrogens with two attached hydrogens (primary N) is 1. The molecule has 5 rings (SSSR count). The number of para-hydroxylation sites is 1. The van der Waals surface area contributed by atoms with E-state index in [2.05, 4.69) is 4.98 Å². The van der Waals surface area contributed by atoms with Crippen LogP contribution in [0.15, 0.2) is 88.8 Å². The average Bonchev–Trinajstić information content (AvgIpc) is 3.44. The Hall–Kier alpha value is -3.91. The Kier molecular flexibility index (Phi) is 6.84. The first-order chi connectivity index (χ1) is 18.5. The molecule has 10 nitrogen and oxygen atoms in total. The molecule has 0 aliphatic carbocycles. The van der Waals surface area contributed by atoms with Gasteiger partial charge in [0, 0.05) is 23.6 Å². The number of amides is 2. The summed E-state index contributed by atoms with van der Waals surface area (Å²) in [5.74, 6) is -2.06. The number of rotatable bonds is 8. The van der Waals surface area contributed by atoms with Crippen LogP contribution < -0.4 is 10.0 Å². The Bertz CT molecular complexity index is 1790. The number of halogens is 1. The molecule has 0 bridgehead atoms. The zero-order chi connectivity index (χ0) is 27.9. The van der Waals surface area contributed by atoms with E-state index in [1.54, 1.807) is 6.20 Å². The average molecular weight is 571 g/mol. The Morgan fingerprint density at radius 1 is 0.923 bits per heavy atom. The molecule has 2 amide bonds. The van der Waals surface area contributed by atoms with Gasteiger partial charge in [-0.3, -0.25) is 9.59 Å². The van der Waals surface area contributed by atoms with Gasteiger partial charge < -0.3 is 4.98 Å². The van der Waals surface area contributed by atoms with Gasteiger partial charge in [0.25, 0.3) is 5.91 Å². The van der Waals surface area contributed by atoms with E-state index in [9.17, 15) is 30.8 Å². The van der Waals surface area contributed by atoms with Gasteiger partial charge in [0.2, 0.25) is 26.0 Å². The summed E-state index contributed by atoms with van der Waals surface area (Å²) in [4.78, 5) is 30.0. The fourth-order valence-electron chi connectivity index (χ4n) is 4.65. The van der Waals surface area contributed by atoms with Crippen LogP contribution >= 0.6 is 0 Å². The second-order valence-corrected chi connectivity index (χ2v) is 12.5. The minimum absolute atomic E-state index is 0.0793. The van der Waals surface area contributed by atoms with Gasteiger partial charge in [-0.2, -0.15) is 4.31 Å². The maximum absolute atomic E-state index is 13.7. The lowest BCUT2D eigenvalue weighted by Crippen LogP contribution is -2.46. The van der Waals surface area contributed by atoms with Crippen molar-refractivity contribution in [3.8, 4) is 0 Å². The van der Waals surface area contributed by atoms with Gasteiger partial charge in [-0.15, -0.1) is 0 Å². The monoisotopic (exact) mass is 570 g/mol. The molecule has 1 saturated heterocycles. The molecule has 39 heavy (non-hydrogen) atoms. The van der Waals surface area contributed by atoms with Gasteiger partial charge in [0.05, 0.1) is 21.9 Å². The summed E-state index contributed by atoms with van der Waals surface area (Å²) in [5.41, 5.74) is 1.76. The SMILES string of the molecule is NS(=O)(=O)c1ccc(N2C(=O)CC(N(CCc3c[nH]c4ccccc34)S(=O)(=O)c3ccc(F)cc3)C2=O)cc1. The highest BCUT2D eigenvalue weighted by molar-refractivity contribution is 7.89. The van der Waals surface area contributed by atoms with Crippen LogP contribution in [0.3, 0.4) is 0 Å². The molecule has 0 spiro atoms. The van der Waals surface area contributed by atoms with Crippen molar-refractivity contribution in [3.05, 3.63) is 90.4 Å². The van der Waals surface area contributed by atoms with E-state index < -0.39 is 50.1 Å². The number of H-pyrrole nitrogens is 1. The topological polar surface area (TPSA) is 151 Å². The highest BCUT2D eigenvalue weighted by Gasteiger charge is 2.46. The maximum atomic E-state index is 13.7. The molecule has 0 radical (unpaired) electrons. The third-order valence-corrected chi connectivity index (χ3v) is 9.44. The van der Waals surface area contributed by atoms with Crippen molar-refractivity contribution in [1.82, 2.24) is 9.29 Å². The van der Waals surface area contributed by atoms with Crippen LogP contribution in [0.1, 0.15) is 12.0 Å². The number of primary sulfonamides is 1. The Balaban J connectivity index is 1.50. The van der Waals surface area contributed by atoms with Crippen LogP contribution in [0.5, 0.6) is 0 Å². The summed E-state index contributed by atoms with van der Waals surface area (Å²) in [6, 6.07) is 15.2. The van der Waals surface area contributed by atoms with Gasteiger partial charge in [0.15, 0.2) is 0 Å². The number of anilines is 1. The molecule has 1 aliphatic heterocycles. The van der Waals surface area contributed by atoms with Crippen molar-refractivity contribution in [3.63, 3.8) is 0 Å². The van der Waals surface area contributed by atoms with Crippen molar-refractivity contribution < 1.29 is 30.8 Å². The molecule has 0 saturated carbocycles. The number of carbonyl (C=O) groups is 2. The molecule has 1 unspecified atom stereocenters. The summed E-state index contributed by atoms with van der Waals surface area (Å²) in [7, 11) is -8.33. The van der Waals surface area contributed by atoms with Crippen LogP contribution in [-0.4, -0.2) is 50.5 Å². The standard InChI is InChI=1S/C26H23FN4O6S2/c27-18-5-9-21(10-6-18)39(36,37)30(14-13-17-16-29-23-4-2-1-3-22(17)23)24-15-25(32)31(26(24)33)19-7-11-20(12-8-19)38(28,34)35/h1-12,16,24,29H,13-15H2,(H2,28,34,35). The summed E-state index contributed by atoms with van der Waals surface area (Å²) in [6.07, 6.45) is 1.56. The third kappa shape index (κ3) is 5.08. The molecular formula is C26H23FN4O6S2. The van der Waals surface area contributed by atoms with Gasteiger partial charge in [-0.05, 0) is 66.6 Å². The summed E-state index contributed by atoms with van der Waals surface area (Å²) in [6.45, 7) is -0.135. The summed E-state index contributed by atoms with van der Waals surface area (Å²) >= 11 is 0. The fourth-order valence-corrected chi connectivity index (χ4v) is 6.75. The number of aromatic amines is 1. The van der Waals surface area contributed by atoms with Gasteiger partial charge >= 0.3 is 0 Å². The number of hydrogen-bond acceptors (Lipinski definition) is 6. The third-order valence-electron chi connectivity index (χ3n) is 6.59. The molecule has 13 heteroatoms. The Morgan fingerprint density at radius 2 is 1.56 bits per heavy atom. The zero-order valence-corrected chi connectivity index (χ0v) is 22.0. The lowest BCUT2D eigenvalue weighted by molar-refractivity contribution is -0.122. The quantitative estimate of drug-likeness (QED) is 0.311. The van der Waals surface area contributed by atoms with Crippen LogP contribution in [0.2, 0.25) is 0 Å². The predicted octanol–water partition coefficient (Wildman–Crippen LogP) is 2.52. The van der Waals surface area contributed by atoms with E-state index >= 15 is 0 Å². The van der Waals surface area contributed by atoms with Crippen molar-refractivity contribution >= 4 is 48.5 Å². The number of aromatic nitrogens is 1. The van der Waals surface area contributed by atoms with E-state index in [-0.39, 0.29) is 28.4 Å². The number of fused-ring (bicyclic) bond motifs is 1. The first-order valence-electron chi connectivity index (χ1n) is 11.8. The molecular weight excluding hydrogens is 547 g/mol. The normalized spacial score (nSPS) is 16.5. The summed E-state index contributed by atoms with van der Waals surface area (Å²) in [5, 5.41) is 6.01.